The highest BCUT2D eigenvalue weighted by Crippen LogP contribution is 2.21. The smallest absolute Gasteiger partial charge is 0.0130 e. The van der Waals surface area contributed by atoms with Crippen LogP contribution in [0.3, 0.4) is 0 Å². The Kier molecular flexibility index (Phi) is 6.05. The third-order valence-corrected chi connectivity index (χ3v) is 4.16. The normalized spacial score (nSPS) is 12.6. The molecule has 0 aliphatic heterocycles. The van der Waals surface area contributed by atoms with Crippen LogP contribution in [-0.2, 0) is 6.42 Å². The maximum absolute atomic E-state index is 3.57. The molecule has 0 aliphatic carbocycles. The predicted molar refractivity (Wildman–Crippen MR) is 95.2 cm³/mol. The molecule has 1 N–H and O–H groups in total. The molecule has 0 aliphatic rings. The van der Waals surface area contributed by atoms with Crippen LogP contribution in [0.15, 0.2) is 54.6 Å². The fourth-order valence-electron chi connectivity index (χ4n) is 2.32. The van der Waals surface area contributed by atoms with E-state index >= 15 is 0 Å². The van der Waals surface area contributed by atoms with Crippen molar-refractivity contribution < 1.29 is 0 Å². The lowest BCUT2D eigenvalue weighted by Crippen LogP contribution is -2.28. The Hall–Kier alpha value is -0.870. The summed E-state index contributed by atoms with van der Waals surface area (Å²) in [4.78, 5) is 0. The van der Waals surface area contributed by atoms with E-state index in [1.165, 1.54) is 14.7 Å². The lowest BCUT2D eigenvalue weighted by Gasteiger charge is -2.20. The quantitative estimate of drug-likeness (QED) is 0.723. The molecule has 0 radical (unpaired) electrons. The number of benzene rings is 2. The van der Waals surface area contributed by atoms with Crippen LogP contribution in [0.25, 0.3) is 0 Å². The van der Waals surface area contributed by atoms with E-state index in [0.717, 1.165) is 13.0 Å². The minimum absolute atomic E-state index is 0.526. The molecule has 0 aromatic heterocycles. The van der Waals surface area contributed by atoms with Crippen LogP contribution in [0, 0.1) is 3.57 Å². The second-order valence-electron chi connectivity index (χ2n) is 5.50. The molecule has 2 aromatic carbocycles. The number of rotatable bonds is 6. The number of halogens is 1. The lowest BCUT2D eigenvalue weighted by molar-refractivity contribution is 0.527. The summed E-state index contributed by atoms with van der Waals surface area (Å²) in [6, 6.07) is 20.2. The maximum Gasteiger partial charge on any atom is 0.0130 e. The molecule has 106 valence electrons. The number of hydrogen-bond donors (Lipinski definition) is 1. The zero-order chi connectivity index (χ0) is 14.4. The Labute approximate surface area is 135 Å². The highest BCUT2D eigenvalue weighted by Gasteiger charge is 2.12. The summed E-state index contributed by atoms with van der Waals surface area (Å²) < 4.78 is 1.29. The first-order valence-corrected chi connectivity index (χ1v) is 8.26. The molecule has 1 nitrogen and oxygen atoms in total. The second-order valence-corrected chi connectivity index (χ2v) is 6.75. The van der Waals surface area contributed by atoms with Crippen LogP contribution in [0.4, 0.5) is 0 Å². The van der Waals surface area contributed by atoms with Gasteiger partial charge in [-0.05, 0) is 52.3 Å². The van der Waals surface area contributed by atoms with E-state index in [1.807, 2.05) is 0 Å². The van der Waals surface area contributed by atoms with Crippen molar-refractivity contribution in [1.82, 2.24) is 5.32 Å². The van der Waals surface area contributed by atoms with Crippen molar-refractivity contribution in [3.8, 4) is 0 Å². The van der Waals surface area contributed by atoms with E-state index < -0.39 is 0 Å². The van der Waals surface area contributed by atoms with Crippen LogP contribution < -0.4 is 5.32 Å². The van der Waals surface area contributed by atoms with E-state index in [2.05, 4.69) is 96.4 Å². The van der Waals surface area contributed by atoms with Gasteiger partial charge in [0.2, 0.25) is 0 Å². The summed E-state index contributed by atoms with van der Waals surface area (Å²) in [6.07, 6.45) is 1.08. The fourth-order valence-corrected chi connectivity index (χ4v) is 2.68. The van der Waals surface area contributed by atoms with Crippen molar-refractivity contribution in [3.05, 3.63) is 69.3 Å². The van der Waals surface area contributed by atoms with Gasteiger partial charge in [-0.2, -0.15) is 0 Å². The van der Waals surface area contributed by atoms with Crippen LogP contribution >= 0.6 is 22.6 Å². The van der Waals surface area contributed by atoms with Gasteiger partial charge in [0.15, 0.2) is 0 Å². The first-order valence-electron chi connectivity index (χ1n) is 7.18. The van der Waals surface area contributed by atoms with Crippen molar-refractivity contribution in [2.24, 2.45) is 0 Å². The standard InChI is InChI=1S/C18H22IN/c1-14(2)20-13-17(16-6-4-3-5-7-16)12-15-8-10-18(19)11-9-15/h3-11,14,17,20H,12-13H2,1-2H3. The van der Waals surface area contributed by atoms with Crippen LogP contribution in [-0.4, -0.2) is 12.6 Å². The van der Waals surface area contributed by atoms with Crippen LogP contribution in [0.1, 0.15) is 30.9 Å². The van der Waals surface area contributed by atoms with Gasteiger partial charge in [-0.1, -0.05) is 56.3 Å². The van der Waals surface area contributed by atoms with Crippen molar-refractivity contribution in [2.45, 2.75) is 32.2 Å². The molecular formula is C18H22IN. The van der Waals surface area contributed by atoms with Gasteiger partial charge < -0.3 is 5.32 Å². The Morgan fingerprint density at radius 1 is 0.950 bits per heavy atom. The van der Waals surface area contributed by atoms with E-state index in [1.54, 1.807) is 0 Å². The molecule has 2 heteroatoms. The predicted octanol–water partition coefficient (Wildman–Crippen LogP) is 4.62. The zero-order valence-corrected chi connectivity index (χ0v) is 14.3. The van der Waals surface area contributed by atoms with Gasteiger partial charge >= 0.3 is 0 Å². The summed E-state index contributed by atoms with van der Waals surface area (Å²) in [5.74, 6) is 0.527. The molecule has 1 atom stereocenters. The Morgan fingerprint density at radius 3 is 2.20 bits per heavy atom. The van der Waals surface area contributed by atoms with Crippen molar-refractivity contribution in [3.63, 3.8) is 0 Å². The van der Waals surface area contributed by atoms with E-state index in [4.69, 9.17) is 0 Å². The molecule has 1 unspecified atom stereocenters. The molecule has 0 saturated heterocycles. The molecule has 20 heavy (non-hydrogen) atoms. The van der Waals surface area contributed by atoms with Gasteiger partial charge in [0.05, 0.1) is 0 Å². The largest absolute Gasteiger partial charge is 0.314 e. The summed E-state index contributed by atoms with van der Waals surface area (Å²) in [6.45, 7) is 5.42. The Bertz CT molecular complexity index is 505. The third kappa shape index (κ3) is 4.91. The van der Waals surface area contributed by atoms with Gasteiger partial charge in [-0.25, -0.2) is 0 Å². The van der Waals surface area contributed by atoms with Crippen molar-refractivity contribution >= 4 is 22.6 Å². The summed E-state index contributed by atoms with van der Waals surface area (Å²) in [7, 11) is 0. The number of nitrogens with one attached hydrogen (secondary N) is 1. The minimum atomic E-state index is 0.526. The molecular weight excluding hydrogens is 357 g/mol. The van der Waals surface area contributed by atoms with Gasteiger partial charge in [0, 0.05) is 22.1 Å². The van der Waals surface area contributed by atoms with Gasteiger partial charge in [0.1, 0.15) is 0 Å². The van der Waals surface area contributed by atoms with E-state index in [9.17, 15) is 0 Å². The topological polar surface area (TPSA) is 12.0 Å². The van der Waals surface area contributed by atoms with Gasteiger partial charge in [-0.15, -0.1) is 0 Å². The minimum Gasteiger partial charge on any atom is -0.314 e. The Balaban J connectivity index is 2.12. The zero-order valence-electron chi connectivity index (χ0n) is 12.1. The summed E-state index contributed by atoms with van der Waals surface area (Å²) in [5, 5.41) is 3.57. The number of hydrogen-bond acceptors (Lipinski definition) is 1. The molecule has 0 heterocycles. The monoisotopic (exact) mass is 379 g/mol. The van der Waals surface area contributed by atoms with Gasteiger partial charge in [-0.3, -0.25) is 0 Å². The average molecular weight is 379 g/mol. The van der Waals surface area contributed by atoms with E-state index in [0.29, 0.717) is 12.0 Å². The van der Waals surface area contributed by atoms with Crippen LogP contribution in [0.5, 0.6) is 0 Å². The summed E-state index contributed by atoms with van der Waals surface area (Å²) >= 11 is 2.35. The molecule has 0 bridgehead atoms. The average Bonchev–Trinajstić information content (AvgIpc) is 2.46. The third-order valence-electron chi connectivity index (χ3n) is 3.44. The van der Waals surface area contributed by atoms with E-state index in [-0.39, 0.29) is 0 Å². The molecule has 0 amide bonds. The molecule has 0 saturated carbocycles. The molecule has 2 rings (SSSR count). The van der Waals surface area contributed by atoms with Crippen LogP contribution in [0.2, 0.25) is 0 Å². The highest BCUT2D eigenvalue weighted by atomic mass is 127. The maximum atomic E-state index is 3.57. The molecule has 2 aromatic rings. The first-order chi connectivity index (χ1) is 9.65. The fraction of sp³-hybridized carbons (Fsp3) is 0.333. The SMILES string of the molecule is CC(C)NCC(Cc1ccc(I)cc1)c1ccccc1. The molecule has 0 fully saturated rings. The molecule has 0 spiro atoms. The van der Waals surface area contributed by atoms with Crippen molar-refractivity contribution in [2.75, 3.05) is 6.54 Å². The second kappa shape index (κ2) is 7.79. The summed E-state index contributed by atoms with van der Waals surface area (Å²) in [5.41, 5.74) is 2.82. The highest BCUT2D eigenvalue weighted by molar-refractivity contribution is 14.1. The Morgan fingerprint density at radius 2 is 1.60 bits per heavy atom. The first kappa shape index (κ1) is 15.5. The van der Waals surface area contributed by atoms with Crippen molar-refractivity contribution in [1.29, 1.82) is 0 Å². The van der Waals surface area contributed by atoms with Gasteiger partial charge in [0.25, 0.3) is 0 Å². The lowest BCUT2D eigenvalue weighted by atomic mass is 9.92.